The Morgan fingerprint density at radius 2 is 1.91 bits per heavy atom. The molecule has 0 aliphatic carbocycles. The molecular formula is C18H19BrClNO2. The SMILES string of the molecule is Cc1cc(OCCCC(=O)Nc2cccc(Br)c2)cc(C)c1Cl. The lowest BCUT2D eigenvalue weighted by atomic mass is 10.1. The van der Waals surface area contributed by atoms with Crippen molar-refractivity contribution in [1.82, 2.24) is 0 Å². The quantitative estimate of drug-likeness (QED) is 0.653. The first-order valence-electron chi connectivity index (χ1n) is 7.40. The fraction of sp³-hybridized carbons (Fsp3) is 0.278. The normalized spacial score (nSPS) is 10.4. The molecule has 0 saturated carbocycles. The van der Waals surface area contributed by atoms with Gasteiger partial charge in [0.05, 0.1) is 6.61 Å². The number of carbonyl (C=O) groups excluding carboxylic acids is 1. The summed E-state index contributed by atoms with van der Waals surface area (Å²) in [6.07, 6.45) is 1.07. The van der Waals surface area contributed by atoms with Gasteiger partial charge in [-0.15, -0.1) is 0 Å². The highest BCUT2D eigenvalue weighted by Gasteiger charge is 2.05. The fourth-order valence-electron chi connectivity index (χ4n) is 2.20. The molecule has 0 radical (unpaired) electrons. The minimum atomic E-state index is -0.0184. The van der Waals surface area contributed by atoms with Crippen LogP contribution in [0.5, 0.6) is 5.75 Å². The second-order valence-electron chi connectivity index (χ2n) is 5.38. The highest BCUT2D eigenvalue weighted by molar-refractivity contribution is 9.10. The topological polar surface area (TPSA) is 38.3 Å². The monoisotopic (exact) mass is 395 g/mol. The third-order valence-corrected chi connectivity index (χ3v) is 4.42. The van der Waals surface area contributed by atoms with Crippen LogP contribution in [0.2, 0.25) is 5.02 Å². The largest absolute Gasteiger partial charge is 0.494 e. The Morgan fingerprint density at radius 1 is 1.22 bits per heavy atom. The van der Waals surface area contributed by atoms with Gasteiger partial charge in [0.2, 0.25) is 5.91 Å². The summed E-state index contributed by atoms with van der Waals surface area (Å²) in [6.45, 7) is 4.40. The lowest BCUT2D eigenvalue weighted by Gasteiger charge is -2.10. The molecule has 0 aliphatic heterocycles. The average Bonchev–Trinajstić information content (AvgIpc) is 2.49. The van der Waals surface area contributed by atoms with Crippen LogP contribution in [-0.2, 0) is 4.79 Å². The summed E-state index contributed by atoms with van der Waals surface area (Å²) in [5, 5.41) is 3.63. The van der Waals surface area contributed by atoms with Crippen LogP contribution in [0.1, 0.15) is 24.0 Å². The molecule has 2 aromatic rings. The van der Waals surface area contributed by atoms with Gasteiger partial charge in [-0.25, -0.2) is 0 Å². The Hall–Kier alpha value is -1.52. The number of hydrogen-bond donors (Lipinski definition) is 1. The molecule has 0 aromatic heterocycles. The summed E-state index contributed by atoms with van der Waals surface area (Å²) in [5.74, 6) is 0.770. The zero-order chi connectivity index (χ0) is 16.8. The van der Waals surface area contributed by atoms with E-state index < -0.39 is 0 Å². The number of halogens is 2. The number of carbonyl (C=O) groups is 1. The highest BCUT2D eigenvalue weighted by Crippen LogP contribution is 2.26. The number of ether oxygens (including phenoxy) is 1. The predicted octanol–water partition coefficient (Wildman–Crippen LogP) is 5.52. The van der Waals surface area contributed by atoms with Gasteiger partial charge in [0.15, 0.2) is 0 Å². The van der Waals surface area contributed by atoms with E-state index in [0.29, 0.717) is 19.4 Å². The smallest absolute Gasteiger partial charge is 0.224 e. The van der Waals surface area contributed by atoms with Crippen LogP contribution >= 0.6 is 27.5 Å². The molecule has 0 atom stereocenters. The van der Waals surface area contributed by atoms with Crippen LogP contribution in [-0.4, -0.2) is 12.5 Å². The van der Waals surface area contributed by atoms with Gasteiger partial charge in [0, 0.05) is 21.6 Å². The van der Waals surface area contributed by atoms with E-state index in [-0.39, 0.29) is 5.91 Å². The van der Waals surface area contributed by atoms with Crippen molar-refractivity contribution >= 4 is 39.1 Å². The second-order valence-corrected chi connectivity index (χ2v) is 6.68. The number of hydrogen-bond acceptors (Lipinski definition) is 2. The molecule has 0 aliphatic rings. The number of benzene rings is 2. The highest BCUT2D eigenvalue weighted by atomic mass is 79.9. The summed E-state index contributed by atoms with van der Waals surface area (Å²) in [6, 6.07) is 11.4. The van der Waals surface area contributed by atoms with Crippen LogP contribution in [0, 0.1) is 13.8 Å². The minimum absolute atomic E-state index is 0.0184. The summed E-state index contributed by atoms with van der Waals surface area (Å²) >= 11 is 9.51. The molecule has 0 heterocycles. The summed E-state index contributed by atoms with van der Waals surface area (Å²) < 4.78 is 6.63. The predicted molar refractivity (Wildman–Crippen MR) is 98.4 cm³/mol. The third-order valence-electron chi connectivity index (χ3n) is 3.34. The zero-order valence-corrected chi connectivity index (χ0v) is 15.5. The van der Waals surface area contributed by atoms with E-state index >= 15 is 0 Å². The van der Waals surface area contributed by atoms with E-state index in [0.717, 1.165) is 32.1 Å². The van der Waals surface area contributed by atoms with Crippen molar-refractivity contribution in [2.45, 2.75) is 26.7 Å². The molecular weight excluding hydrogens is 378 g/mol. The number of anilines is 1. The van der Waals surface area contributed by atoms with Gasteiger partial charge in [-0.1, -0.05) is 33.6 Å². The van der Waals surface area contributed by atoms with Crippen molar-refractivity contribution in [3.63, 3.8) is 0 Å². The molecule has 1 amide bonds. The maximum absolute atomic E-state index is 11.9. The first-order valence-corrected chi connectivity index (χ1v) is 8.58. The maximum atomic E-state index is 11.9. The van der Waals surface area contributed by atoms with Crippen LogP contribution in [0.3, 0.4) is 0 Å². The van der Waals surface area contributed by atoms with Crippen LogP contribution in [0.25, 0.3) is 0 Å². The van der Waals surface area contributed by atoms with Gasteiger partial charge in [-0.2, -0.15) is 0 Å². The van der Waals surface area contributed by atoms with Crippen LogP contribution in [0.15, 0.2) is 40.9 Å². The van der Waals surface area contributed by atoms with Gasteiger partial charge in [0.25, 0.3) is 0 Å². The van der Waals surface area contributed by atoms with E-state index in [1.165, 1.54) is 0 Å². The Morgan fingerprint density at radius 3 is 2.57 bits per heavy atom. The van der Waals surface area contributed by atoms with Crippen LogP contribution < -0.4 is 10.1 Å². The van der Waals surface area contributed by atoms with E-state index in [4.69, 9.17) is 16.3 Å². The molecule has 0 unspecified atom stereocenters. The standard InChI is InChI=1S/C18H19BrClNO2/c1-12-9-16(10-13(2)18(12)20)23-8-4-7-17(22)21-15-6-3-5-14(19)11-15/h3,5-6,9-11H,4,7-8H2,1-2H3,(H,21,22). The molecule has 5 heteroatoms. The Balaban J connectivity index is 1.76. The first-order chi connectivity index (χ1) is 11.0. The maximum Gasteiger partial charge on any atom is 0.224 e. The lowest BCUT2D eigenvalue weighted by Crippen LogP contribution is -2.12. The number of amides is 1. The number of rotatable bonds is 6. The van der Waals surface area contributed by atoms with E-state index in [2.05, 4.69) is 21.2 Å². The Bertz CT molecular complexity index is 680. The van der Waals surface area contributed by atoms with Crippen molar-refractivity contribution in [3.05, 3.63) is 57.0 Å². The molecule has 0 spiro atoms. The van der Waals surface area contributed by atoms with Gasteiger partial charge in [-0.05, 0) is 61.7 Å². The van der Waals surface area contributed by atoms with E-state index in [9.17, 15) is 4.79 Å². The number of nitrogens with one attached hydrogen (secondary N) is 1. The fourth-order valence-corrected chi connectivity index (χ4v) is 2.71. The van der Waals surface area contributed by atoms with Gasteiger partial charge in [0.1, 0.15) is 5.75 Å². The summed E-state index contributed by atoms with van der Waals surface area (Å²) in [5.41, 5.74) is 2.78. The van der Waals surface area contributed by atoms with Gasteiger partial charge >= 0.3 is 0 Å². The Kier molecular flexibility index (Phi) is 6.48. The first kappa shape index (κ1) is 17.8. The summed E-state index contributed by atoms with van der Waals surface area (Å²) in [7, 11) is 0. The minimum Gasteiger partial charge on any atom is -0.494 e. The molecule has 0 bridgehead atoms. The molecule has 3 nitrogen and oxygen atoms in total. The van der Waals surface area contributed by atoms with Gasteiger partial charge in [-0.3, -0.25) is 4.79 Å². The molecule has 1 N–H and O–H groups in total. The zero-order valence-electron chi connectivity index (χ0n) is 13.2. The molecule has 2 rings (SSSR count). The summed E-state index contributed by atoms with van der Waals surface area (Å²) in [4.78, 5) is 11.9. The van der Waals surface area contributed by atoms with Crippen molar-refractivity contribution in [1.29, 1.82) is 0 Å². The van der Waals surface area contributed by atoms with Crippen LogP contribution in [0.4, 0.5) is 5.69 Å². The van der Waals surface area contributed by atoms with E-state index in [1.807, 2.05) is 50.2 Å². The van der Waals surface area contributed by atoms with Crippen molar-refractivity contribution in [2.24, 2.45) is 0 Å². The lowest BCUT2D eigenvalue weighted by molar-refractivity contribution is -0.116. The van der Waals surface area contributed by atoms with Gasteiger partial charge < -0.3 is 10.1 Å². The second kappa shape index (κ2) is 8.37. The number of aryl methyl sites for hydroxylation is 2. The molecule has 0 fully saturated rings. The molecule has 2 aromatic carbocycles. The molecule has 122 valence electrons. The third kappa shape index (κ3) is 5.56. The molecule has 0 saturated heterocycles. The van der Waals surface area contributed by atoms with Crippen molar-refractivity contribution < 1.29 is 9.53 Å². The Labute approximate surface area is 150 Å². The van der Waals surface area contributed by atoms with E-state index in [1.54, 1.807) is 0 Å². The van der Waals surface area contributed by atoms with Crippen molar-refractivity contribution in [3.8, 4) is 5.75 Å². The van der Waals surface area contributed by atoms with Crippen molar-refractivity contribution in [2.75, 3.05) is 11.9 Å². The average molecular weight is 397 g/mol. The molecule has 23 heavy (non-hydrogen) atoms.